The van der Waals surface area contributed by atoms with E-state index in [0.717, 1.165) is 5.56 Å². The van der Waals surface area contributed by atoms with Crippen LogP contribution in [0.1, 0.15) is 5.56 Å². The van der Waals surface area contributed by atoms with Crippen LogP contribution in [0.15, 0.2) is 56.6 Å². The summed E-state index contributed by atoms with van der Waals surface area (Å²) in [5.74, 6) is 0.0643. The number of aryl methyl sites for hydroxylation is 1. The first-order valence-corrected chi connectivity index (χ1v) is 8.62. The Hall–Kier alpha value is -2.58. The number of hydrogen-bond acceptors (Lipinski definition) is 5. The number of methoxy groups -OCH3 is 1. The number of aromatic nitrogens is 1. The van der Waals surface area contributed by atoms with Crippen molar-refractivity contribution in [1.82, 2.24) is 9.29 Å². The first-order chi connectivity index (χ1) is 11.4. The van der Waals surface area contributed by atoms with E-state index in [-0.39, 0.29) is 11.4 Å². The Bertz CT molecular complexity index is 1050. The Labute approximate surface area is 138 Å². The van der Waals surface area contributed by atoms with Gasteiger partial charge in [-0.3, -0.25) is 4.57 Å². The molecule has 0 aliphatic heterocycles. The van der Waals surface area contributed by atoms with Gasteiger partial charge in [-0.25, -0.2) is 17.9 Å². The second-order valence-electron chi connectivity index (χ2n) is 5.19. The molecular weight excluding hydrogens is 332 g/mol. The minimum absolute atomic E-state index is 0.0568. The summed E-state index contributed by atoms with van der Waals surface area (Å²) in [6, 6.07) is 11.4. The lowest BCUT2D eigenvalue weighted by atomic mass is 10.2. The maximum atomic E-state index is 12.5. The number of sulfonamides is 1. The lowest BCUT2D eigenvalue weighted by Gasteiger charge is -2.10. The molecule has 0 fully saturated rings. The number of nitrogens with zero attached hydrogens (tertiary/aromatic N) is 1. The van der Waals surface area contributed by atoms with E-state index in [1.165, 1.54) is 36.9 Å². The topological polar surface area (TPSA) is 90.5 Å². The zero-order valence-corrected chi connectivity index (χ0v) is 14.0. The first kappa shape index (κ1) is 16.3. The van der Waals surface area contributed by atoms with Gasteiger partial charge in [0, 0.05) is 19.2 Å². The van der Waals surface area contributed by atoms with Crippen molar-refractivity contribution in [3.63, 3.8) is 0 Å². The van der Waals surface area contributed by atoms with E-state index in [4.69, 9.17) is 9.15 Å². The third kappa shape index (κ3) is 2.93. The predicted molar refractivity (Wildman–Crippen MR) is 88.5 cm³/mol. The van der Waals surface area contributed by atoms with Crippen LogP contribution in [-0.2, 0) is 23.6 Å². The molecular formula is C16H16N2O5S. The molecule has 0 aliphatic rings. The Morgan fingerprint density at radius 1 is 1.21 bits per heavy atom. The normalized spacial score (nSPS) is 11.8. The summed E-state index contributed by atoms with van der Waals surface area (Å²) in [6.45, 7) is 0.0920. The summed E-state index contributed by atoms with van der Waals surface area (Å²) in [5.41, 5.74) is 1.48. The molecule has 3 aromatic rings. The molecule has 0 amide bonds. The molecule has 8 heteroatoms. The molecule has 1 heterocycles. The quantitative estimate of drug-likeness (QED) is 0.757. The van der Waals surface area contributed by atoms with Gasteiger partial charge in [-0.1, -0.05) is 18.2 Å². The molecule has 0 aliphatic carbocycles. The third-order valence-corrected chi connectivity index (χ3v) is 5.12. The Morgan fingerprint density at radius 2 is 1.96 bits per heavy atom. The maximum absolute atomic E-state index is 12.5. The first-order valence-electron chi connectivity index (χ1n) is 7.13. The molecule has 3 rings (SSSR count). The van der Waals surface area contributed by atoms with Crippen LogP contribution in [0.4, 0.5) is 0 Å². The highest BCUT2D eigenvalue weighted by Crippen LogP contribution is 2.20. The summed E-state index contributed by atoms with van der Waals surface area (Å²) >= 11 is 0. The molecule has 2 aromatic carbocycles. The van der Waals surface area contributed by atoms with Crippen molar-refractivity contribution in [3.8, 4) is 5.75 Å². The number of fused-ring (bicyclic) bond motifs is 1. The highest BCUT2D eigenvalue weighted by Gasteiger charge is 2.17. The Balaban J connectivity index is 1.90. The Kier molecular flexibility index (Phi) is 4.16. The summed E-state index contributed by atoms with van der Waals surface area (Å²) in [6.07, 6.45) is 0. The third-order valence-electron chi connectivity index (χ3n) is 3.72. The van der Waals surface area contributed by atoms with Gasteiger partial charge in [0.25, 0.3) is 0 Å². The summed E-state index contributed by atoms with van der Waals surface area (Å²) in [7, 11) is -0.696. The number of nitrogens with one attached hydrogen (secondary N) is 1. The van der Waals surface area contributed by atoms with E-state index in [2.05, 4.69) is 4.72 Å². The second kappa shape index (κ2) is 6.14. The number of para-hydroxylation sites is 1. The van der Waals surface area contributed by atoms with Gasteiger partial charge in [0.05, 0.1) is 17.5 Å². The van der Waals surface area contributed by atoms with Crippen molar-refractivity contribution in [2.45, 2.75) is 11.4 Å². The predicted octanol–water partition coefficient (Wildman–Crippen LogP) is 1.62. The highest BCUT2D eigenvalue weighted by atomic mass is 32.2. The largest absolute Gasteiger partial charge is 0.496 e. The van der Waals surface area contributed by atoms with Crippen LogP contribution in [0.2, 0.25) is 0 Å². The smallest absolute Gasteiger partial charge is 0.419 e. The molecule has 1 aromatic heterocycles. The maximum Gasteiger partial charge on any atom is 0.419 e. The van der Waals surface area contributed by atoms with Crippen LogP contribution < -0.4 is 15.2 Å². The molecule has 0 spiro atoms. The lowest BCUT2D eigenvalue weighted by Crippen LogP contribution is -2.23. The van der Waals surface area contributed by atoms with E-state index >= 15 is 0 Å². The number of rotatable bonds is 5. The number of ether oxygens (including phenoxy) is 1. The highest BCUT2D eigenvalue weighted by molar-refractivity contribution is 7.89. The van der Waals surface area contributed by atoms with Gasteiger partial charge in [-0.05, 0) is 24.3 Å². The van der Waals surface area contributed by atoms with Crippen molar-refractivity contribution in [1.29, 1.82) is 0 Å². The van der Waals surface area contributed by atoms with Crippen LogP contribution in [0.5, 0.6) is 5.75 Å². The summed E-state index contributed by atoms with van der Waals surface area (Å²) in [4.78, 5) is 11.6. The average molecular weight is 348 g/mol. The van der Waals surface area contributed by atoms with E-state index in [0.29, 0.717) is 16.8 Å². The minimum Gasteiger partial charge on any atom is -0.496 e. The molecule has 7 nitrogen and oxygen atoms in total. The molecule has 0 saturated heterocycles. The lowest BCUT2D eigenvalue weighted by molar-refractivity contribution is 0.409. The Morgan fingerprint density at radius 3 is 2.71 bits per heavy atom. The summed E-state index contributed by atoms with van der Waals surface area (Å²) in [5, 5.41) is 0. The van der Waals surface area contributed by atoms with Crippen molar-refractivity contribution in [2.75, 3.05) is 7.11 Å². The van der Waals surface area contributed by atoms with E-state index in [1.54, 1.807) is 18.2 Å². The fourth-order valence-corrected chi connectivity index (χ4v) is 3.40. The number of oxazole rings is 1. The van der Waals surface area contributed by atoms with Crippen molar-refractivity contribution in [3.05, 3.63) is 58.6 Å². The van der Waals surface area contributed by atoms with Crippen LogP contribution in [0.25, 0.3) is 11.1 Å². The molecule has 0 atom stereocenters. The molecule has 24 heavy (non-hydrogen) atoms. The van der Waals surface area contributed by atoms with Gasteiger partial charge in [0.15, 0.2) is 5.58 Å². The molecule has 0 bridgehead atoms. The monoisotopic (exact) mass is 348 g/mol. The van der Waals surface area contributed by atoms with Crippen LogP contribution >= 0.6 is 0 Å². The van der Waals surface area contributed by atoms with Gasteiger partial charge >= 0.3 is 5.76 Å². The van der Waals surface area contributed by atoms with Crippen LogP contribution in [-0.4, -0.2) is 20.1 Å². The van der Waals surface area contributed by atoms with Gasteiger partial charge in [-0.2, -0.15) is 0 Å². The average Bonchev–Trinajstić information content (AvgIpc) is 2.87. The van der Waals surface area contributed by atoms with E-state index < -0.39 is 15.8 Å². The van der Waals surface area contributed by atoms with Crippen LogP contribution in [0.3, 0.4) is 0 Å². The van der Waals surface area contributed by atoms with Crippen molar-refractivity contribution < 1.29 is 17.6 Å². The van der Waals surface area contributed by atoms with Crippen molar-refractivity contribution >= 4 is 21.1 Å². The van der Waals surface area contributed by atoms with Gasteiger partial charge < -0.3 is 9.15 Å². The fraction of sp³-hybridized carbons (Fsp3) is 0.188. The molecule has 0 radical (unpaired) electrons. The number of benzene rings is 2. The van der Waals surface area contributed by atoms with Gasteiger partial charge in [-0.15, -0.1) is 0 Å². The van der Waals surface area contributed by atoms with Crippen LogP contribution in [0, 0.1) is 0 Å². The van der Waals surface area contributed by atoms with Gasteiger partial charge in [0.2, 0.25) is 10.0 Å². The van der Waals surface area contributed by atoms with E-state index in [1.807, 2.05) is 6.07 Å². The summed E-state index contributed by atoms with van der Waals surface area (Å²) < 4.78 is 39.0. The zero-order chi connectivity index (χ0) is 17.3. The fourth-order valence-electron chi connectivity index (χ4n) is 2.38. The molecule has 0 unspecified atom stereocenters. The molecule has 1 N–H and O–H groups in total. The standard InChI is InChI=1S/C16H16N2O5S/c1-18-13-9-12(7-8-15(13)23-16(18)19)24(20,21)17-10-11-5-3-4-6-14(11)22-2/h3-9,17H,10H2,1-2H3. The zero-order valence-electron chi connectivity index (χ0n) is 13.1. The van der Waals surface area contributed by atoms with E-state index in [9.17, 15) is 13.2 Å². The second-order valence-corrected chi connectivity index (χ2v) is 6.96. The molecule has 126 valence electrons. The van der Waals surface area contributed by atoms with Crippen molar-refractivity contribution in [2.24, 2.45) is 7.05 Å². The minimum atomic E-state index is -3.75. The SMILES string of the molecule is COc1ccccc1CNS(=O)(=O)c1ccc2oc(=O)n(C)c2c1. The number of hydrogen-bond donors (Lipinski definition) is 1. The van der Waals surface area contributed by atoms with Gasteiger partial charge in [0.1, 0.15) is 5.75 Å². The molecule has 0 saturated carbocycles.